The Hall–Kier alpha value is -1.82. The summed E-state index contributed by atoms with van der Waals surface area (Å²) in [6, 6.07) is 0. The van der Waals surface area contributed by atoms with Crippen molar-refractivity contribution in [3.8, 4) is 0 Å². The Bertz CT molecular complexity index is 838. The highest BCUT2D eigenvalue weighted by atomic mass is 79.9. The quantitative estimate of drug-likeness (QED) is 0.828. The van der Waals surface area contributed by atoms with Gasteiger partial charge in [0.1, 0.15) is 12.1 Å². The molecule has 3 atom stereocenters. The molecule has 5 nitrogen and oxygen atoms in total. The lowest BCUT2D eigenvalue weighted by molar-refractivity contribution is -0.118. The Labute approximate surface area is 142 Å². The van der Waals surface area contributed by atoms with Crippen molar-refractivity contribution in [1.29, 1.82) is 0 Å². The van der Waals surface area contributed by atoms with Crippen molar-refractivity contribution < 1.29 is 4.79 Å². The van der Waals surface area contributed by atoms with Crippen LogP contribution in [-0.2, 0) is 11.3 Å². The van der Waals surface area contributed by atoms with E-state index in [4.69, 9.17) is 0 Å². The average molecular weight is 373 g/mol. The first-order chi connectivity index (χ1) is 11.2. The predicted molar refractivity (Wildman–Crippen MR) is 91.1 cm³/mol. The Morgan fingerprint density at radius 3 is 3.09 bits per heavy atom. The van der Waals surface area contributed by atoms with E-state index in [9.17, 15) is 4.79 Å². The third-order valence-corrected chi connectivity index (χ3v) is 5.19. The largest absolute Gasteiger partial charge is 0.299 e. The summed E-state index contributed by atoms with van der Waals surface area (Å²) >= 11 is 3.53. The SMILES string of the molecule is CCCn1cc2c(C3C(=O)CC4C=CC(Br)=CC43)ncnc2n1. The summed E-state index contributed by atoms with van der Waals surface area (Å²) in [6.07, 6.45) is 11.4. The fourth-order valence-electron chi connectivity index (χ4n) is 3.66. The number of hydrogen-bond acceptors (Lipinski definition) is 4. The summed E-state index contributed by atoms with van der Waals surface area (Å²) in [5, 5.41) is 5.40. The van der Waals surface area contributed by atoms with Gasteiger partial charge in [-0.1, -0.05) is 41.1 Å². The number of carbonyl (C=O) groups excluding carboxylic acids is 1. The van der Waals surface area contributed by atoms with E-state index >= 15 is 0 Å². The van der Waals surface area contributed by atoms with Crippen LogP contribution in [0.3, 0.4) is 0 Å². The molecule has 1 fully saturated rings. The topological polar surface area (TPSA) is 60.7 Å². The van der Waals surface area contributed by atoms with Gasteiger partial charge in [-0.2, -0.15) is 5.10 Å². The molecule has 2 heterocycles. The molecule has 0 aromatic carbocycles. The molecule has 23 heavy (non-hydrogen) atoms. The predicted octanol–water partition coefficient (Wildman–Crippen LogP) is 3.37. The number of ketones is 1. The fraction of sp³-hybridized carbons (Fsp3) is 0.412. The lowest BCUT2D eigenvalue weighted by Crippen LogP contribution is -2.16. The second kappa shape index (κ2) is 5.67. The van der Waals surface area contributed by atoms with Crippen LogP contribution in [0.25, 0.3) is 11.0 Å². The number of halogens is 1. The number of Topliss-reactive ketones (excluding diaryl/α,β-unsaturated/α-hetero) is 1. The zero-order chi connectivity index (χ0) is 16.0. The summed E-state index contributed by atoms with van der Waals surface area (Å²) in [5.74, 6) is 0.479. The molecule has 1 saturated carbocycles. The first-order valence-corrected chi connectivity index (χ1v) is 8.73. The molecule has 118 valence electrons. The number of rotatable bonds is 3. The highest BCUT2D eigenvalue weighted by Crippen LogP contribution is 2.46. The fourth-order valence-corrected chi connectivity index (χ4v) is 4.11. The molecule has 0 radical (unpaired) electrons. The van der Waals surface area contributed by atoms with Crippen LogP contribution < -0.4 is 0 Å². The van der Waals surface area contributed by atoms with Gasteiger partial charge in [0.25, 0.3) is 0 Å². The minimum Gasteiger partial charge on any atom is -0.299 e. The zero-order valence-corrected chi connectivity index (χ0v) is 14.4. The number of nitrogens with zero attached hydrogens (tertiary/aromatic N) is 4. The van der Waals surface area contributed by atoms with Crippen LogP contribution in [0, 0.1) is 11.8 Å². The van der Waals surface area contributed by atoms with E-state index in [1.54, 1.807) is 0 Å². The minimum atomic E-state index is -0.206. The van der Waals surface area contributed by atoms with Crippen molar-refractivity contribution in [3.63, 3.8) is 0 Å². The molecule has 3 unspecified atom stereocenters. The number of aromatic nitrogens is 4. The normalized spacial score (nSPS) is 26.6. The van der Waals surface area contributed by atoms with Gasteiger partial charge in [0.05, 0.1) is 17.0 Å². The standard InChI is InChI=1S/C17H17BrN4O/c1-2-5-22-8-13-16(19-9-20-17(13)21-22)15-12-7-11(18)4-3-10(12)6-14(15)23/h3-4,7-10,12,15H,2,5-6H2,1H3. The van der Waals surface area contributed by atoms with Crippen LogP contribution in [0.4, 0.5) is 0 Å². The van der Waals surface area contributed by atoms with Gasteiger partial charge in [0.2, 0.25) is 0 Å². The molecule has 0 amide bonds. The van der Waals surface area contributed by atoms with E-state index in [0.717, 1.165) is 28.5 Å². The molecule has 0 N–H and O–H groups in total. The van der Waals surface area contributed by atoms with E-state index in [2.05, 4.69) is 50.1 Å². The summed E-state index contributed by atoms with van der Waals surface area (Å²) in [4.78, 5) is 21.4. The number of allylic oxidation sites excluding steroid dienone is 4. The second-order valence-electron chi connectivity index (χ2n) is 6.19. The van der Waals surface area contributed by atoms with Gasteiger partial charge in [0, 0.05) is 29.6 Å². The van der Waals surface area contributed by atoms with Gasteiger partial charge < -0.3 is 0 Å². The molecule has 2 aliphatic rings. The van der Waals surface area contributed by atoms with Crippen molar-refractivity contribution in [2.45, 2.75) is 32.2 Å². The molecular formula is C17H17BrN4O. The first kappa shape index (κ1) is 14.8. The summed E-state index contributed by atoms with van der Waals surface area (Å²) < 4.78 is 2.93. The Morgan fingerprint density at radius 2 is 2.26 bits per heavy atom. The highest BCUT2D eigenvalue weighted by molar-refractivity contribution is 9.11. The van der Waals surface area contributed by atoms with Crippen LogP contribution in [0.5, 0.6) is 0 Å². The monoisotopic (exact) mass is 372 g/mol. The molecule has 2 aromatic heterocycles. The van der Waals surface area contributed by atoms with E-state index < -0.39 is 0 Å². The average Bonchev–Trinajstić information content (AvgIpc) is 3.07. The molecule has 0 saturated heterocycles. The molecule has 2 aromatic rings. The van der Waals surface area contributed by atoms with Gasteiger partial charge in [-0.05, 0) is 12.3 Å². The maximum absolute atomic E-state index is 12.7. The highest BCUT2D eigenvalue weighted by Gasteiger charge is 2.43. The molecule has 0 spiro atoms. The third-order valence-electron chi connectivity index (χ3n) is 4.66. The minimum absolute atomic E-state index is 0.162. The van der Waals surface area contributed by atoms with E-state index in [1.165, 1.54) is 6.33 Å². The molecule has 2 aliphatic carbocycles. The third kappa shape index (κ3) is 2.45. The number of hydrogen-bond donors (Lipinski definition) is 0. The van der Waals surface area contributed by atoms with Crippen molar-refractivity contribution >= 4 is 32.7 Å². The summed E-state index contributed by atoms with van der Waals surface area (Å²) in [5.41, 5.74) is 1.50. The first-order valence-electron chi connectivity index (χ1n) is 7.93. The maximum atomic E-state index is 12.7. The van der Waals surface area contributed by atoms with E-state index in [-0.39, 0.29) is 23.5 Å². The van der Waals surface area contributed by atoms with E-state index in [0.29, 0.717) is 12.1 Å². The van der Waals surface area contributed by atoms with Crippen LogP contribution in [0.2, 0.25) is 0 Å². The second-order valence-corrected chi connectivity index (χ2v) is 7.10. The lowest BCUT2D eigenvalue weighted by Gasteiger charge is -2.21. The van der Waals surface area contributed by atoms with Gasteiger partial charge in [-0.25, -0.2) is 9.97 Å². The van der Waals surface area contributed by atoms with Crippen LogP contribution in [0.15, 0.2) is 35.2 Å². The molecular weight excluding hydrogens is 356 g/mol. The van der Waals surface area contributed by atoms with Gasteiger partial charge in [-0.15, -0.1) is 0 Å². The van der Waals surface area contributed by atoms with Crippen molar-refractivity contribution in [2.75, 3.05) is 0 Å². The van der Waals surface area contributed by atoms with Crippen molar-refractivity contribution in [1.82, 2.24) is 19.7 Å². The Kier molecular flexibility index (Phi) is 3.64. The Balaban J connectivity index is 1.82. The lowest BCUT2D eigenvalue weighted by atomic mass is 9.84. The summed E-state index contributed by atoms with van der Waals surface area (Å²) in [7, 11) is 0. The smallest absolute Gasteiger partial charge is 0.184 e. The maximum Gasteiger partial charge on any atom is 0.184 e. The zero-order valence-electron chi connectivity index (χ0n) is 12.8. The van der Waals surface area contributed by atoms with Crippen LogP contribution in [0.1, 0.15) is 31.4 Å². The Morgan fingerprint density at radius 1 is 1.39 bits per heavy atom. The molecule has 4 rings (SSSR count). The van der Waals surface area contributed by atoms with Gasteiger partial charge in [-0.3, -0.25) is 9.48 Å². The number of fused-ring (bicyclic) bond motifs is 2. The molecule has 0 aliphatic heterocycles. The number of aryl methyl sites for hydroxylation is 1. The van der Waals surface area contributed by atoms with Gasteiger partial charge in [0.15, 0.2) is 5.65 Å². The van der Waals surface area contributed by atoms with Crippen LogP contribution in [-0.4, -0.2) is 25.5 Å². The van der Waals surface area contributed by atoms with Gasteiger partial charge >= 0.3 is 0 Å². The number of carbonyl (C=O) groups is 1. The summed E-state index contributed by atoms with van der Waals surface area (Å²) in [6.45, 7) is 2.95. The van der Waals surface area contributed by atoms with Crippen molar-refractivity contribution in [3.05, 3.63) is 40.9 Å². The molecule has 6 heteroatoms. The molecule has 0 bridgehead atoms. The van der Waals surface area contributed by atoms with Crippen LogP contribution >= 0.6 is 15.9 Å². The van der Waals surface area contributed by atoms with E-state index in [1.807, 2.05) is 17.0 Å². The van der Waals surface area contributed by atoms with Crippen molar-refractivity contribution in [2.24, 2.45) is 11.8 Å².